The van der Waals surface area contributed by atoms with Crippen molar-refractivity contribution in [3.8, 4) is 5.88 Å². The number of piperidine rings is 1. The zero-order valence-electron chi connectivity index (χ0n) is 8.98. The average molecular weight is 234 g/mol. The molecule has 0 saturated carbocycles. The van der Waals surface area contributed by atoms with Crippen LogP contribution in [-0.2, 0) is 0 Å². The molecule has 1 atom stereocenters. The van der Waals surface area contributed by atoms with Crippen LogP contribution >= 0.6 is 11.5 Å². The Bertz CT molecular complexity index is 477. The van der Waals surface area contributed by atoms with Crippen molar-refractivity contribution in [2.45, 2.75) is 18.9 Å². The molecule has 0 amide bonds. The fraction of sp³-hybridized carbons (Fsp3) is 0.417. The average Bonchev–Trinajstić information content (AvgIpc) is 2.74. The van der Waals surface area contributed by atoms with Gasteiger partial charge in [0, 0.05) is 6.54 Å². The molecular weight excluding hydrogens is 220 g/mol. The molecule has 1 aliphatic rings. The predicted molar refractivity (Wildman–Crippen MR) is 66.1 cm³/mol. The summed E-state index contributed by atoms with van der Waals surface area (Å²) in [5, 5.41) is 4.48. The van der Waals surface area contributed by atoms with E-state index in [9.17, 15) is 0 Å². The second-order valence-electron chi connectivity index (χ2n) is 4.07. The van der Waals surface area contributed by atoms with Crippen molar-refractivity contribution in [3.05, 3.63) is 24.3 Å². The van der Waals surface area contributed by atoms with Crippen LogP contribution in [0.4, 0.5) is 0 Å². The first-order valence-corrected chi connectivity index (χ1v) is 6.42. The number of aromatic nitrogens is 1. The molecular formula is C12H14N2OS. The highest BCUT2D eigenvalue weighted by atomic mass is 32.1. The van der Waals surface area contributed by atoms with Gasteiger partial charge in [-0.1, -0.05) is 12.1 Å². The van der Waals surface area contributed by atoms with Crippen molar-refractivity contribution < 1.29 is 4.74 Å². The van der Waals surface area contributed by atoms with E-state index < -0.39 is 0 Å². The van der Waals surface area contributed by atoms with Crippen molar-refractivity contribution >= 4 is 21.6 Å². The highest BCUT2D eigenvalue weighted by Crippen LogP contribution is 2.29. The molecule has 1 N–H and O–H groups in total. The molecule has 2 heterocycles. The second-order valence-corrected chi connectivity index (χ2v) is 4.88. The van der Waals surface area contributed by atoms with Crippen molar-refractivity contribution in [2.75, 3.05) is 13.1 Å². The summed E-state index contributed by atoms with van der Waals surface area (Å²) in [6.07, 6.45) is 2.59. The lowest BCUT2D eigenvalue weighted by molar-refractivity contribution is 0.164. The molecule has 16 heavy (non-hydrogen) atoms. The van der Waals surface area contributed by atoms with Crippen LogP contribution in [0.15, 0.2) is 24.3 Å². The number of nitrogens with one attached hydrogen (secondary N) is 1. The summed E-state index contributed by atoms with van der Waals surface area (Å²) in [5.74, 6) is 0.800. The summed E-state index contributed by atoms with van der Waals surface area (Å²) in [7, 11) is 0. The maximum Gasteiger partial charge on any atom is 0.233 e. The van der Waals surface area contributed by atoms with E-state index in [1.54, 1.807) is 0 Å². The van der Waals surface area contributed by atoms with E-state index in [1.807, 2.05) is 12.1 Å². The lowest BCUT2D eigenvalue weighted by atomic mass is 10.1. The number of fused-ring (bicyclic) bond motifs is 1. The van der Waals surface area contributed by atoms with E-state index in [2.05, 4.69) is 21.8 Å². The van der Waals surface area contributed by atoms with E-state index in [0.717, 1.165) is 30.8 Å². The zero-order valence-corrected chi connectivity index (χ0v) is 9.80. The maximum atomic E-state index is 5.95. The largest absolute Gasteiger partial charge is 0.472 e. The molecule has 84 valence electrons. The minimum absolute atomic E-state index is 0.277. The van der Waals surface area contributed by atoms with Crippen LogP contribution in [-0.4, -0.2) is 23.6 Å². The minimum Gasteiger partial charge on any atom is -0.472 e. The Balaban J connectivity index is 1.83. The van der Waals surface area contributed by atoms with Crippen molar-refractivity contribution in [2.24, 2.45) is 0 Å². The molecule has 1 aliphatic heterocycles. The topological polar surface area (TPSA) is 34.1 Å². The first-order chi connectivity index (χ1) is 7.93. The van der Waals surface area contributed by atoms with Gasteiger partial charge < -0.3 is 10.1 Å². The van der Waals surface area contributed by atoms with Gasteiger partial charge in [-0.05, 0) is 43.1 Å². The van der Waals surface area contributed by atoms with Crippen LogP contribution in [0.25, 0.3) is 10.1 Å². The van der Waals surface area contributed by atoms with E-state index >= 15 is 0 Å². The molecule has 3 nitrogen and oxygen atoms in total. The number of rotatable bonds is 2. The molecule has 1 aromatic carbocycles. The van der Waals surface area contributed by atoms with Gasteiger partial charge >= 0.3 is 0 Å². The second kappa shape index (κ2) is 4.39. The lowest BCUT2D eigenvalue weighted by Gasteiger charge is -2.22. The van der Waals surface area contributed by atoms with E-state index in [1.165, 1.54) is 22.7 Å². The monoisotopic (exact) mass is 234 g/mol. The third kappa shape index (κ3) is 1.90. The van der Waals surface area contributed by atoms with Gasteiger partial charge in [0.15, 0.2) is 0 Å². The van der Waals surface area contributed by atoms with Crippen LogP contribution < -0.4 is 10.1 Å². The molecule has 0 unspecified atom stereocenters. The number of nitrogens with zero attached hydrogens (tertiary/aromatic N) is 1. The number of benzene rings is 1. The van der Waals surface area contributed by atoms with Crippen molar-refractivity contribution in [1.82, 2.24) is 9.69 Å². The first kappa shape index (κ1) is 10.1. The predicted octanol–water partition coefficient (Wildman–Crippen LogP) is 2.43. The lowest BCUT2D eigenvalue weighted by Crippen LogP contribution is -2.37. The van der Waals surface area contributed by atoms with Gasteiger partial charge in [0.05, 0.1) is 10.1 Å². The quantitative estimate of drug-likeness (QED) is 0.866. The molecule has 0 radical (unpaired) electrons. The summed E-state index contributed by atoms with van der Waals surface area (Å²) < 4.78 is 11.5. The van der Waals surface area contributed by atoms with Crippen LogP contribution in [0.3, 0.4) is 0 Å². The number of hydrogen-bond donors (Lipinski definition) is 1. The Morgan fingerprint density at radius 3 is 3.19 bits per heavy atom. The molecule has 0 aliphatic carbocycles. The summed E-state index contributed by atoms with van der Waals surface area (Å²) >= 11 is 1.51. The fourth-order valence-electron chi connectivity index (χ4n) is 2.03. The van der Waals surface area contributed by atoms with E-state index in [0.29, 0.717) is 0 Å². The SMILES string of the molecule is c1ccc2c(O[C@H]3CCCNC3)nsc2c1. The maximum absolute atomic E-state index is 5.95. The molecule has 1 fully saturated rings. The minimum atomic E-state index is 0.277. The van der Waals surface area contributed by atoms with Crippen LogP contribution in [0.5, 0.6) is 5.88 Å². The summed E-state index contributed by atoms with van der Waals surface area (Å²) in [5.41, 5.74) is 0. The highest BCUT2D eigenvalue weighted by Gasteiger charge is 2.16. The summed E-state index contributed by atoms with van der Waals surface area (Å²) in [6, 6.07) is 8.22. The van der Waals surface area contributed by atoms with E-state index in [-0.39, 0.29) is 6.10 Å². The van der Waals surface area contributed by atoms with Gasteiger partial charge in [0.1, 0.15) is 6.10 Å². The first-order valence-electron chi connectivity index (χ1n) is 5.65. The van der Waals surface area contributed by atoms with Gasteiger partial charge in [-0.2, -0.15) is 4.37 Å². The Morgan fingerprint density at radius 1 is 1.38 bits per heavy atom. The fourth-order valence-corrected chi connectivity index (χ4v) is 2.74. The molecule has 0 spiro atoms. The smallest absolute Gasteiger partial charge is 0.233 e. The number of hydrogen-bond acceptors (Lipinski definition) is 4. The summed E-state index contributed by atoms with van der Waals surface area (Å²) in [6.45, 7) is 2.05. The van der Waals surface area contributed by atoms with Gasteiger partial charge in [0.2, 0.25) is 5.88 Å². The molecule has 0 bridgehead atoms. The zero-order chi connectivity index (χ0) is 10.8. The number of ether oxygens (including phenoxy) is 1. The molecule has 2 aromatic rings. The van der Waals surface area contributed by atoms with Crippen LogP contribution in [0.1, 0.15) is 12.8 Å². The van der Waals surface area contributed by atoms with Gasteiger partial charge in [-0.15, -0.1) is 0 Å². The molecule has 1 saturated heterocycles. The Kier molecular flexibility index (Phi) is 2.76. The standard InChI is InChI=1S/C12H14N2OS/c1-2-6-11-10(5-1)12(14-16-11)15-9-4-3-7-13-8-9/h1-2,5-6,9,13H,3-4,7-8H2/t9-/m0/s1. The summed E-state index contributed by atoms with van der Waals surface area (Å²) in [4.78, 5) is 0. The Morgan fingerprint density at radius 2 is 2.31 bits per heavy atom. The normalized spacial score (nSPS) is 21.1. The van der Waals surface area contributed by atoms with Crippen molar-refractivity contribution in [3.63, 3.8) is 0 Å². The molecule has 3 rings (SSSR count). The van der Waals surface area contributed by atoms with E-state index in [4.69, 9.17) is 4.74 Å². The highest BCUT2D eigenvalue weighted by molar-refractivity contribution is 7.13. The van der Waals surface area contributed by atoms with Gasteiger partial charge in [-0.3, -0.25) is 0 Å². The third-order valence-corrected chi connectivity index (χ3v) is 3.68. The van der Waals surface area contributed by atoms with Crippen molar-refractivity contribution in [1.29, 1.82) is 0 Å². The van der Waals surface area contributed by atoms with Crippen LogP contribution in [0.2, 0.25) is 0 Å². The molecule has 4 heteroatoms. The third-order valence-electron chi connectivity index (χ3n) is 2.87. The Labute approximate surface area is 98.6 Å². The van der Waals surface area contributed by atoms with Crippen LogP contribution in [0, 0.1) is 0 Å². The Hall–Kier alpha value is -1.13. The van der Waals surface area contributed by atoms with Gasteiger partial charge in [0.25, 0.3) is 0 Å². The molecule has 1 aromatic heterocycles. The van der Waals surface area contributed by atoms with Gasteiger partial charge in [-0.25, -0.2) is 0 Å².